The zero-order valence-corrected chi connectivity index (χ0v) is 19.4. The second-order valence-corrected chi connectivity index (χ2v) is 10.2. The van der Waals surface area contributed by atoms with Gasteiger partial charge in [-0.25, -0.2) is 8.42 Å². The van der Waals surface area contributed by atoms with Crippen molar-refractivity contribution in [2.45, 2.75) is 18.2 Å². The predicted octanol–water partition coefficient (Wildman–Crippen LogP) is 2.88. The number of piperazine rings is 1. The molecule has 30 heavy (non-hydrogen) atoms. The summed E-state index contributed by atoms with van der Waals surface area (Å²) in [7, 11) is -2.05. The largest absolute Gasteiger partial charge is 0.497 e. The van der Waals surface area contributed by atoms with E-state index in [1.165, 1.54) is 11.2 Å². The molecule has 1 saturated heterocycles. The Morgan fingerprint density at radius 3 is 2.30 bits per heavy atom. The van der Waals surface area contributed by atoms with E-state index in [2.05, 4.69) is 20.8 Å². The van der Waals surface area contributed by atoms with Gasteiger partial charge in [-0.3, -0.25) is 4.79 Å². The lowest BCUT2D eigenvalue weighted by atomic mass is 10.2. The molecule has 2 aliphatic rings. The second-order valence-electron chi connectivity index (χ2n) is 7.42. The number of anilines is 2. The van der Waals surface area contributed by atoms with Crippen LogP contribution in [-0.2, 0) is 21.2 Å². The minimum atomic E-state index is -3.68. The number of benzene rings is 2. The molecule has 2 aromatic rings. The molecule has 2 aromatic carbocycles. The third-order valence-corrected chi connectivity index (χ3v) is 8.56. The third-order valence-electron chi connectivity index (χ3n) is 5.70. The van der Waals surface area contributed by atoms with Gasteiger partial charge >= 0.3 is 0 Å². The quantitative estimate of drug-likeness (QED) is 0.654. The molecular formula is C21H24BrN3O4S. The fourth-order valence-electron chi connectivity index (χ4n) is 4.03. The molecule has 7 nitrogen and oxygen atoms in total. The van der Waals surface area contributed by atoms with Gasteiger partial charge in [-0.05, 0) is 64.3 Å². The smallest absolute Gasteiger partial charge is 0.244 e. The molecule has 0 radical (unpaired) electrons. The molecule has 0 atom stereocenters. The fourth-order valence-corrected chi connectivity index (χ4v) is 6.52. The molecule has 0 unspecified atom stereocenters. The number of halogens is 1. The van der Waals surface area contributed by atoms with Gasteiger partial charge in [-0.1, -0.05) is 0 Å². The molecule has 0 N–H and O–H groups in total. The summed E-state index contributed by atoms with van der Waals surface area (Å²) in [6.45, 7) is 4.09. The Balaban J connectivity index is 1.54. The summed E-state index contributed by atoms with van der Waals surface area (Å²) in [5, 5.41) is 0. The first-order chi connectivity index (χ1) is 14.3. The lowest BCUT2D eigenvalue weighted by Gasteiger charge is -2.35. The molecule has 0 aliphatic carbocycles. The van der Waals surface area contributed by atoms with Gasteiger partial charge in [-0.15, -0.1) is 0 Å². The Hall–Kier alpha value is -2.10. The van der Waals surface area contributed by atoms with Crippen LogP contribution in [-0.4, -0.2) is 58.5 Å². The number of carbonyl (C=O) groups excluding carboxylic acids is 1. The molecule has 9 heteroatoms. The van der Waals surface area contributed by atoms with Crippen molar-refractivity contribution in [2.75, 3.05) is 49.6 Å². The summed E-state index contributed by atoms with van der Waals surface area (Å²) < 4.78 is 34.0. The van der Waals surface area contributed by atoms with Gasteiger partial charge in [-0.2, -0.15) is 4.31 Å². The van der Waals surface area contributed by atoms with E-state index in [4.69, 9.17) is 4.74 Å². The summed E-state index contributed by atoms with van der Waals surface area (Å²) in [5.74, 6) is 0.716. The Labute approximate surface area is 185 Å². The first kappa shape index (κ1) is 21.1. The lowest BCUT2D eigenvalue weighted by Crippen LogP contribution is -2.48. The van der Waals surface area contributed by atoms with E-state index in [-0.39, 0.29) is 10.8 Å². The maximum absolute atomic E-state index is 13.4. The number of fused-ring (bicyclic) bond motifs is 1. The van der Waals surface area contributed by atoms with Crippen molar-refractivity contribution in [2.24, 2.45) is 0 Å². The van der Waals surface area contributed by atoms with Crippen molar-refractivity contribution in [3.63, 3.8) is 0 Å². The van der Waals surface area contributed by atoms with Crippen molar-refractivity contribution in [3.8, 4) is 5.75 Å². The fraction of sp³-hybridized carbons (Fsp3) is 0.381. The minimum absolute atomic E-state index is 0.0764. The van der Waals surface area contributed by atoms with Crippen molar-refractivity contribution in [1.82, 2.24) is 4.31 Å². The van der Waals surface area contributed by atoms with Crippen LogP contribution in [0.4, 0.5) is 11.4 Å². The van der Waals surface area contributed by atoms with E-state index in [9.17, 15) is 13.2 Å². The molecule has 0 spiro atoms. The number of rotatable bonds is 4. The summed E-state index contributed by atoms with van der Waals surface area (Å²) in [5.41, 5.74) is 2.73. The maximum Gasteiger partial charge on any atom is 0.244 e. The van der Waals surface area contributed by atoms with Crippen molar-refractivity contribution in [3.05, 3.63) is 46.4 Å². The minimum Gasteiger partial charge on any atom is -0.497 e. The number of nitrogens with zero attached hydrogens (tertiary/aromatic N) is 3. The van der Waals surface area contributed by atoms with Crippen LogP contribution in [0.5, 0.6) is 5.75 Å². The standard InChI is InChI=1S/C21H24BrN3O4S/c1-15(26)25-8-7-16-13-19(22)21(14-20(16)25)30(27,28)24-11-9-23(10-12-24)17-3-5-18(29-2)6-4-17/h3-6,13-14H,7-12H2,1-2H3. The van der Waals surface area contributed by atoms with Gasteiger partial charge in [0.1, 0.15) is 5.75 Å². The predicted molar refractivity (Wildman–Crippen MR) is 120 cm³/mol. The normalized spacial score (nSPS) is 17.2. The SMILES string of the molecule is COc1ccc(N2CCN(S(=O)(=O)c3cc4c(cc3Br)CCN4C(C)=O)CC2)cc1. The van der Waals surface area contributed by atoms with E-state index in [0.717, 1.165) is 23.4 Å². The van der Waals surface area contributed by atoms with Gasteiger partial charge in [0.2, 0.25) is 15.9 Å². The van der Waals surface area contributed by atoms with E-state index in [1.54, 1.807) is 18.1 Å². The van der Waals surface area contributed by atoms with Gasteiger partial charge in [0.25, 0.3) is 0 Å². The first-order valence-electron chi connectivity index (χ1n) is 9.81. The highest BCUT2D eigenvalue weighted by atomic mass is 79.9. The second kappa shape index (κ2) is 8.20. The van der Waals surface area contributed by atoms with Crippen LogP contribution in [0.15, 0.2) is 45.8 Å². The average molecular weight is 494 g/mol. The average Bonchev–Trinajstić information content (AvgIpc) is 3.16. The maximum atomic E-state index is 13.4. The van der Waals surface area contributed by atoms with Crippen LogP contribution in [0, 0.1) is 0 Å². The lowest BCUT2D eigenvalue weighted by molar-refractivity contribution is -0.116. The number of hydrogen-bond donors (Lipinski definition) is 0. The third kappa shape index (κ3) is 3.81. The molecule has 0 aromatic heterocycles. The Bertz CT molecular complexity index is 1060. The summed E-state index contributed by atoms with van der Waals surface area (Å²) >= 11 is 3.44. The van der Waals surface area contributed by atoms with E-state index in [1.807, 2.05) is 30.3 Å². The van der Waals surface area contributed by atoms with Crippen molar-refractivity contribution >= 4 is 43.2 Å². The number of methoxy groups -OCH3 is 1. The molecule has 0 bridgehead atoms. The molecule has 0 saturated carbocycles. The van der Waals surface area contributed by atoms with E-state index < -0.39 is 10.0 Å². The van der Waals surface area contributed by atoms with Crippen LogP contribution < -0.4 is 14.5 Å². The van der Waals surface area contributed by atoms with Gasteiger partial charge in [0.05, 0.1) is 12.0 Å². The Morgan fingerprint density at radius 1 is 1.03 bits per heavy atom. The summed E-state index contributed by atoms with van der Waals surface area (Å²) in [4.78, 5) is 15.9. The number of ether oxygens (including phenoxy) is 1. The van der Waals surface area contributed by atoms with E-state index in [0.29, 0.717) is 42.9 Å². The number of hydrogen-bond acceptors (Lipinski definition) is 5. The highest BCUT2D eigenvalue weighted by molar-refractivity contribution is 9.10. The summed E-state index contributed by atoms with van der Waals surface area (Å²) in [6, 6.07) is 11.2. The van der Waals surface area contributed by atoms with Crippen LogP contribution in [0.2, 0.25) is 0 Å². The molecule has 4 rings (SSSR count). The number of carbonyl (C=O) groups is 1. The Kier molecular flexibility index (Phi) is 5.78. The monoisotopic (exact) mass is 493 g/mol. The first-order valence-corrected chi connectivity index (χ1v) is 12.0. The van der Waals surface area contributed by atoms with Crippen LogP contribution in [0.3, 0.4) is 0 Å². The van der Waals surface area contributed by atoms with Crippen LogP contribution in [0.1, 0.15) is 12.5 Å². The summed E-state index contributed by atoms with van der Waals surface area (Å²) in [6.07, 6.45) is 0.731. The molecule has 2 aliphatic heterocycles. The highest BCUT2D eigenvalue weighted by Gasteiger charge is 2.33. The molecule has 1 amide bonds. The zero-order chi connectivity index (χ0) is 21.5. The van der Waals surface area contributed by atoms with Crippen LogP contribution >= 0.6 is 15.9 Å². The van der Waals surface area contributed by atoms with Gasteiger partial charge < -0.3 is 14.5 Å². The molecule has 160 valence electrons. The highest BCUT2D eigenvalue weighted by Crippen LogP contribution is 2.37. The molecule has 2 heterocycles. The van der Waals surface area contributed by atoms with Crippen molar-refractivity contribution in [1.29, 1.82) is 0 Å². The molecular weight excluding hydrogens is 470 g/mol. The van der Waals surface area contributed by atoms with E-state index >= 15 is 0 Å². The zero-order valence-electron chi connectivity index (χ0n) is 17.0. The molecule has 1 fully saturated rings. The Morgan fingerprint density at radius 2 is 1.70 bits per heavy atom. The van der Waals surface area contributed by atoms with Gasteiger partial charge in [0, 0.05) is 55.5 Å². The topological polar surface area (TPSA) is 70.2 Å². The van der Waals surface area contributed by atoms with Crippen LogP contribution in [0.25, 0.3) is 0 Å². The number of amides is 1. The van der Waals surface area contributed by atoms with Gasteiger partial charge in [0.15, 0.2) is 0 Å². The van der Waals surface area contributed by atoms with Crippen molar-refractivity contribution < 1.29 is 17.9 Å². The number of sulfonamides is 1.